The van der Waals surface area contributed by atoms with E-state index in [0.717, 1.165) is 18.8 Å². The van der Waals surface area contributed by atoms with Gasteiger partial charge in [0.05, 0.1) is 0 Å². The fraction of sp³-hybridized carbons (Fsp3) is 0.833. The molecule has 0 aromatic heterocycles. The Labute approximate surface area is 99.0 Å². The van der Waals surface area contributed by atoms with Gasteiger partial charge in [0.25, 0.3) is 0 Å². The Bertz CT molecular complexity index is 184. The van der Waals surface area contributed by atoms with Gasteiger partial charge in [-0.3, -0.25) is 0 Å². The molecule has 1 rings (SSSR count). The van der Waals surface area contributed by atoms with Crippen LogP contribution in [0.5, 0.6) is 0 Å². The van der Waals surface area contributed by atoms with Crippen LogP contribution in [0.2, 0.25) is 8.87 Å². The van der Waals surface area contributed by atoms with E-state index >= 15 is 0 Å². The van der Waals surface area contributed by atoms with Crippen LogP contribution >= 0.6 is 0 Å². The first-order valence-corrected chi connectivity index (χ1v) is 12.5. The van der Waals surface area contributed by atoms with Gasteiger partial charge in [-0.25, -0.2) is 0 Å². The molecule has 1 fully saturated rings. The van der Waals surface area contributed by atoms with Gasteiger partial charge in [-0.05, 0) is 0 Å². The van der Waals surface area contributed by atoms with Crippen molar-refractivity contribution in [1.29, 1.82) is 0 Å². The predicted molar refractivity (Wildman–Crippen MR) is 66.2 cm³/mol. The van der Waals surface area contributed by atoms with Gasteiger partial charge in [-0.2, -0.15) is 0 Å². The molecule has 0 radical (unpaired) electrons. The summed E-state index contributed by atoms with van der Waals surface area (Å²) in [5.41, 5.74) is 1.11. The first-order chi connectivity index (χ1) is 7.22. The summed E-state index contributed by atoms with van der Waals surface area (Å²) in [6.45, 7) is 9.93. The molecule has 0 atom stereocenters. The van der Waals surface area contributed by atoms with Crippen LogP contribution in [0.1, 0.15) is 39.5 Å². The fourth-order valence-corrected chi connectivity index (χ4v) is 12.2. The molecule has 3 heteroatoms. The Morgan fingerprint density at radius 1 is 1.07 bits per heavy atom. The maximum absolute atomic E-state index is 6.07. The second-order valence-corrected chi connectivity index (χ2v) is 14.1. The van der Waals surface area contributed by atoms with Crippen molar-refractivity contribution in [1.82, 2.24) is 0 Å². The van der Waals surface area contributed by atoms with Crippen molar-refractivity contribution in [3.8, 4) is 0 Å². The SMILES string of the molecule is C=C1C[O][Sn]([CH2]CCC)([CH2]CCC)[O]C1. The molecule has 88 valence electrons. The molecule has 0 unspecified atom stereocenters. The summed E-state index contributed by atoms with van der Waals surface area (Å²) in [4.78, 5) is 0. The first-order valence-electron chi connectivity index (χ1n) is 6.17. The molecule has 1 saturated heterocycles. The number of hydrogen-bond donors (Lipinski definition) is 0. The third-order valence-electron chi connectivity index (χ3n) is 2.90. The van der Waals surface area contributed by atoms with Gasteiger partial charge >= 0.3 is 99.1 Å². The summed E-state index contributed by atoms with van der Waals surface area (Å²) in [5, 5.41) is 0. The predicted octanol–water partition coefficient (Wildman–Crippen LogP) is 3.63. The summed E-state index contributed by atoms with van der Waals surface area (Å²) >= 11 is -2.61. The zero-order valence-electron chi connectivity index (χ0n) is 10.2. The zero-order chi connectivity index (χ0) is 11.1. The van der Waals surface area contributed by atoms with Crippen LogP contribution in [0.4, 0.5) is 0 Å². The normalized spacial score (nSPS) is 20.5. The van der Waals surface area contributed by atoms with Crippen LogP contribution in [0, 0.1) is 0 Å². The monoisotopic (exact) mass is 320 g/mol. The average Bonchev–Trinajstić information content (AvgIpc) is 2.27. The van der Waals surface area contributed by atoms with E-state index in [-0.39, 0.29) is 0 Å². The molecule has 0 aromatic carbocycles. The maximum atomic E-state index is 6.07. The van der Waals surface area contributed by atoms with Gasteiger partial charge in [0, 0.05) is 0 Å². The van der Waals surface area contributed by atoms with Crippen molar-refractivity contribution in [2.45, 2.75) is 48.4 Å². The van der Waals surface area contributed by atoms with Crippen molar-refractivity contribution < 1.29 is 6.15 Å². The van der Waals surface area contributed by atoms with Crippen molar-refractivity contribution in [3.05, 3.63) is 12.2 Å². The van der Waals surface area contributed by atoms with E-state index in [1.807, 2.05) is 0 Å². The molecule has 0 bridgehead atoms. The Kier molecular flexibility index (Phi) is 6.24. The molecule has 1 aliphatic rings. The van der Waals surface area contributed by atoms with Crippen LogP contribution in [-0.4, -0.2) is 32.4 Å². The third-order valence-corrected chi connectivity index (χ3v) is 13.1. The molecule has 0 aromatic rings. The standard InChI is InChI=1S/C4H6O2.2C4H9.Sn/c1-4(2-5)3-6;2*1-3-4-2;/h1-3H2;2*1,3-4H2,2H3;/q-2;;;+2. The van der Waals surface area contributed by atoms with Gasteiger partial charge in [0.2, 0.25) is 0 Å². The third kappa shape index (κ3) is 4.45. The average molecular weight is 319 g/mol. The van der Waals surface area contributed by atoms with Gasteiger partial charge in [0.1, 0.15) is 0 Å². The summed E-state index contributed by atoms with van der Waals surface area (Å²) in [6, 6.07) is 0. The van der Waals surface area contributed by atoms with Gasteiger partial charge in [-0.15, -0.1) is 0 Å². The summed E-state index contributed by atoms with van der Waals surface area (Å²) in [7, 11) is 0. The molecular weight excluding hydrogens is 295 g/mol. The Morgan fingerprint density at radius 3 is 1.93 bits per heavy atom. The second-order valence-electron chi connectivity index (χ2n) is 4.45. The van der Waals surface area contributed by atoms with Gasteiger partial charge in [0.15, 0.2) is 0 Å². The van der Waals surface area contributed by atoms with Gasteiger partial charge in [-0.1, -0.05) is 0 Å². The molecule has 0 N–H and O–H groups in total. The number of unbranched alkanes of at least 4 members (excludes halogenated alkanes) is 2. The van der Waals surface area contributed by atoms with E-state index in [0.29, 0.717) is 0 Å². The quantitative estimate of drug-likeness (QED) is 0.550. The van der Waals surface area contributed by atoms with E-state index in [1.54, 1.807) is 0 Å². The fourth-order valence-electron chi connectivity index (χ4n) is 1.86. The van der Waals surface area contributed by atoms with Crippen LogP contribution in [-0.2, 0) is 6.15 Å². The molecule has 15 heavy (non-hydrogen) atoms. The van der Waals surface area contributed by atoms with E-state index in [2.05, 4.69) is 20.4 Å². The molecule has 1 aliphatic heterocycles. The summed E-state index contributed by atoms with van der Waals surface area (Å²) in [5.74, 6) is 0. The van der Waals surface area contributed by atoms with Crippen molar-refractivity contribution in [2.75, 3.05) is 13.2 Å². The molecule has 0 aliphatic carbocycles. The summed E-state index contributed by atoms with van der Waals surface area (Å²) < 4.78 is 14.6. The Morgan fingerprint density at radius 2 is 1.53 bits per heavy atom. The van der Waals surface area contributed by atoms with Crippen LogP contribution in [0.25, 0.3) is 0 Å². The molecular formula is C12H24O2Sn. The molecule has 1 heterocycles. The molecule has 0 amide bonds. The minimum absolute atomic E-state index is 0.767. The number of rotatable bonds is 6. The van der Waals surface area contributed by atoms with Crippen molar-refractivity contribution >= 4 is 19.2 Å². The Hall–Kier alpha value is 0.459. The van der Waals surface area contributed by atoms with E-state index in [1.165, 1.54) is 34.6 Å². The molecule has 0 saturated carbocycles. The van der Waals surface area contributed by atoms with Crippen molar-refractivity contribution in [3.63, 3.8) is 0 Å². The molecule has 0 spiro atoms. The minimum atomic E-state index is -2.61. The van der Waals surface area contributed by atoms with Crippen LogP contribution < -0.4 is 0 Å². The van der Waals surface area contributed by atoms with Crippen molar-refractivity contribution in [2.24, 2.45) is 0 Å². The Balaban J connectivity index is 2.47. The zero-order valence-corrected chi connectivity index (χ0v) is 13.0. The van der Waals surface area contributed by atoms with E-state index in [4.69, 9.17) is 6.15 Å². The van der Waals surface area contributed by atoms with Crippen LogP contribution in [0.3, 0.4) is 0 Å². The van der Waals surface area contributed by atoms with E-state index < -0.39 is 19.2 Å². The molecule has 2 nitrogen and oxygen atoms in total. The first kappa shape index (κ1) is 13.5. The second kappa shape index (κ2) is 6.92. The van der Waals surface area contributed by atoms with Crippen LogP contribution in [0.15, 0.2) is 12.2 Å². The number of hydrogen-bond acceptors (Lipinski definition) is 2. The topological polar surface area (TPSA) is 18.5 Å². The van der Waals surface area contributed by atoms with E-state index in [9.17, 15) is 0 Å². The summed E-state index contributed by atoms with van der Waals surface area (Å²) in [6.07, 6.45) is 5.04. The van der Waals surface area contributed by atoms with Gasteiger partial charge < -0.3 is 0 Å².